The van der Waals surface area contributed by atoms with Crippen LogP contribution in [0.3, 0.4) is 0 Å². The Morgan fingerprint density at radius 3 is 2.43 bits per heavy atom. The Labute approximate surface area is 91.3 Å². The Bertz CT molecular complexity index is 289. The third-order valence-corrected chi connectivity index (χ3v) is 3.41. The Hall–Kier alpha value is -0.340. The predicted octanol–water partition coefficient (Wildman–Crippen LogP) is 3.28. The van der Waals surface area contributed by atoms with Gasteiger partial charge in [0, 0.05) is 15.8 Å². The molecule has 2 heteroatoms. The van der Waals surface area contributed by atoms with Gasteiger partial charge < -0.3 is 5.73 Å². The van der Waals surface area contributed by atoms with Gasteiger partial charge in [-0.05, 0) is 44.2 Å². The summed E-state index contributed by atoms with van der Waals surface area (Å²) in [6.07, 6.45) is 2.16. The van der Waals surface area contributed by atoms with Crippen LogP contribution >= 0.6 is 11.3 Å². The highest BCUT2D eigenvalue weighted by molar-refractivity contribution is 7.12. The van der Waals surface area contributed by atoms with Crippen LogP contribution in [0.2, 0.25) is 0 Å². The van der Waals surface area contributed by atoms with E-state index in [2.05, 4.69) is 33.8 Å². The van der Waals surface area contributed by atoms with Crippen molar-refractivity contribution in [3.63, 3.8) is 0 Å². The van der Waals surface area contributed by atoms with E-state index in [1.165, 1.54) is 15.3 Å². The second-order valence-corrected chi connectivity index (χ2v) is 5.99. The molecule has 0 bridgehead atoms. The Morgan fingerprint density at radius 2 is 2.00 bits per heavy atom. The standard InChI is InChI=1S/C12H21NS/c1-8(2)5-12(13)7-11-6-9(3)14-10(11)4/h6,8,12H,5,7,13H2,1-4H3. The number of hydrogen-bond acceptors (Lipinski definition) is 2. The lowest BCUT2D eigenvalue weighted by molar-refractivity contribution is 0.493. The number of aryl methyl sites for hydroxylation is 2. The summed E-state index contributed by atoms with van der Waals surface area (Å²) in [5.41, 5.74) is 7.53. The fourth-order valence-electron chi connectivity index (χ4n) is 1.86. The van der Waals surface area contributed by atoms with Gasteiger partial charge in [0.2, 0.25) is 0 Å². The molecule has 1 unspecified atom stereocenters. The molecule has 1 heterocycles. The van der Waals surface area contributed by atoms with Crippen molar-refractivity contribution >= 4 is 11.3 Å². The number of nitrogens with two attached hydrogens (primary N) is 1. The van der Waals surface area contributed by atoms with E-state index >= 15 is 0 Å². The largest absolute Gasteiger partial charge is 0.327 e. The summed E-state index contributed by atoms with van der Waals surface area (Å²) < 4.78 is 0. The normalized spacial score (nSPS) is 13.6. The molecule has 14 heavy (non-hydrogen) atoms. The van der Waals surface area contributed by atoms with Crippen molar-refractivity contribution in [2.75, 3.05) is 0 Å². The third kappa shape index (κ3) is 3.43. The zero-order valence-corrected chi connectivity index (χ0v) is 10.4. The Morgan fingerprint density at radius 1 is 1.36 bits per heavy atom. The molecular weight excluding hydrogens is 190 g/mol. The molecule has 80 valence electrons. The molecule has 1 aromatic rings. The fraction of sp³-hybridized carbons (Fsp3) is 0.667. The van der Waals surface area contributed by atoms with Crippen LogP contribution in [0.5, 0.6) is 0 Å². The van der Waals surface area contributed by atoms with Crippen molar-refractivity contribution < 1.29 is 0 Å². The minimum Gasteiger partial charge on any atom is -0.327 e. The molecule has 0 aromatic carbocycles. The zero-order valence-electron chi connectivity index (χ0n) is 9.63. The molecular formula is C12H21NS. The van der Waals surface area contributed by atoms with Crippen molar-refractivity contribution in [2.45, 2.75) is 46.6 Å². The lowest BCUT2D eigenvalue weighted by Gasteiger charge is -2.13. The number of thiophene rings is 1. The van der Waals surface area contributed by atoms with Gasteiger partial charge in [-0.25, -0.2) is 0 Å². The minimum absolute atomic E-state index is 0.322. The number of hydrogen-bond donors (Lipinski definition) is 1. The Kier molecular flexibility index (Phi) is 4.14. The molecule has 0 aliphatic carbocycles. The maximum Gasteiger partial charge on any atom is 0.00821 e. The van der Waals surface area contributed by atoms with Crippen LogP contribution in [0.15, 0.2) is 6.07 Å². The summed E-state index contributed by atoms with van der Waals surface area (Å²) in [5, 5.41) is 0. The van der Waals surface area contributed by atoms with Gasteiger partial charge >= 0.3 is 0 Å². The van der Waals surface area contributed by atoms with Crippen LogP contribution in [-0.2, 0) is 6.42 Å². The highest BCUT2D eigenvalue weighted by atomic mass is 32.1. The Balaban J connectivity index is 2.55. The molecule has 1 aromatic heterocycles. The van der Waals surface area contributed by atoms with Crippen LogP contribution in [0.4, 0.5) is 0 Å². The van der Waals surface area contributed by atoms with E-state index in [0.717, 1.165) is 12.8 Å². The average molecular weight is 211 g/mol. The van der Waals surface area contributed by atoms with E-state index in [9.17, 15) is 0 Å². The van der Waals surface area contributed by atoms with Gasteiger partial charge in [0.05, 0.1) is 0 Å². The first-order chi connectivity index (χ1) is 6.49. The first kappa shape index (κ1) is 11.7. The quantitative estimate of drug-likeness (QED) is 0.812. The molecule has 0 saturated heterocycles. The van der Waals surface area contributed by atoms with Gasteiger partial charge in [-0.15, -0.1) is 11.3 Å². The van der Waals surface area contributed by atoms with E-state index in [1.807, 2.05) is 11.3 Å². The highest BCUT2D eigenvalue weighted by Gasteiger charge is 2.09. The van der Waals surface area contributed by atoms with Crippen molar-refractivity contribution in [1.82, 2.24) is 0 Å². The van der Waals surface area contributed by atoms with E-state index < -0.39 is 0 Å². The monoisotopic (exact) mass is 211 g/mol. The molecule has 0 fully saturated rings. The molecule has 1 atom stereocenters. The van der Waals surface area contributed by atoms with Crippen LogP contribution in [0, 0.1) is 19.8 Å². The van der Waals surface area contributed by atoms with Crippen molar-refractivity contribution in [2.24, 2.45) is 11.7 Å². The summed E-state index contributed by atoms with van der Waals surface area (Å²) in [6, 6.07) is 2.60. The first-order valence-corrected chi connectivity index (χ1v) is 6.12. The summed E-state index contributed by atoms with van der Waals surface area (Å²) in [4.78, 5) is 2.83. The molecule has 0 saturated carbocycles. The smallest absolute Gasteiger partial charge is 0.00821 e. The van der Waals surface area contributed by atoms with E-state index in [0.29, 0.717) is 12.0 Å². The maximum atomic E-state index is 6.09. The molecule has 0 radical (unpaired) electrons. The van der Waals surface area contributed by atoms with Gasteiger partial charge in [0.15, 0.2) is 0 Å². The molecule has 0 spiro atoms. The predicted molar refractivity (Wildman–Crippen MR) is 64.9 cm³/mol. The third-order valence-electron chi connectivity index (χ3n) is 2.40. The lowest BCUT2D eigenvalue weighted by Crippen LogP contribution is -2.24. The molecule has 0 aliphatic heterocycles. The summed E-state index contributed by atoms with van der Waals surface area (Å²) in [5.74, 6) is 0.699. The van der Waals surface area contributed by atoms with Gasteiger partial charge in [0.1, 0.15) is 0 Å². The van der Waals surface area contributed by atoms with Crippen molar-refractivity contribution in [1.29, 1.82) is 0 Å². The summed E-state index contributed by atoms with van der Waals surface area (Å²) in [7, 11) is 0. The van der Waals surface area contributed by atoms with Gasteiger partial charge in [0.25, 0.3) is 0 Å². The van der Waals surface area contributed by atoms with Crippen molar-refractivity contribution in [3.8, 4) is 0 Å². The van der Waals surface area contributed by atoms with Crippen LogP contribution in [0.1, 0.15) is 35.6 Å². The molecule has 0 aliphatic rings. The van der Waals surface area contributed by atoms with E-state index in [-0.39, 0.29) is 0 Å². The SMILES string of the molecule is Cc1cc(CC(N)CC(C)C)c(C)s1. The molecule has 2 N–H and O–H groups in total. The topological polar surface area (TPSA) is 26.0 Å². The highest BCUT2D eigenvalue weighted by Crippen LogP contribution is 2.22. The molecule has 1 rings (SSSR count). The van der Waals surface area contributed by atoms with E-state index in [4.69, 9.17) is 5.73 Å². The van der Waals surface area contributed by atoms with Crippen molar-refractivity contribution in [3.05, 3.63) is 21.4 Å². The zero-order chi connectivity index (χ0) is 10.7. The van der Waals surface area contributed by atoms with E-state index in [1.54, 1.807) is 0 Å². The molecule has 0 amide bonds. The summed E-state index contributed by atoms with van der Waals surface area (Å²) in [6.45, 7) is 8.81. The maximum absolute atomic E-state index is 6.09. The summed E-state index contributed by atoms with van der Waals surface area (Å²) >= 11 is 1.87. The lowest BCUT2D eigenvalue weighted by atomic mass is 9.98. The number of rotatable bonds is 4. The van der Waals surface area contributed by atoms with Crippen LogP contribution in [0.25, 0.3) is 0 Å². The fourth-order valence-corrected chi connectivity index (χ4v) is 2.81. The minimum atomic E-state index is 0.322. The second kappa shape index (κ2) is 4.94. The van der Waals surface area contributed by atoms with Gasteiger partial charge in [-0.2, -0.15) is 0 Å². The molecule has 1 nitrogen and oxygen atoms in total. The first-order valence-electron chi connectivity index (χ1n) is 5.30. The van der Waals surface area contributed by atoms with Crippen LogP contribution < -0.4 is 5.73 Å². The average Bonchev–Trinajstić information content (AvgIpc) is 2.28. The second-order valence-electron chi connectivity index (χ2n) is 4.53. The van der Waals surface area contributed by atoms with Crippen LogP contribution in [-0.4, -0.2) is 6.04 Å². The van der Waals surface area contributed by atoms with Gasteiger partial charge in [-0.3, -0.25) is 0 Å². The van der Waals surface area contributed by atoms with Gasteiger partial charge in [-0.1, -0.05) is 13.8 Å².